The fourth-order valence-corrected chi connectivity index (χ4v) is 16.7. The molecule has 8 aliphatic heterocycles. The Labute approximate surface area is 707 Å². The number of hydrogen-bond acceptors (Lipinski definition) is 40. The van der Waals surface area contributed by atoms with Crippen molar-refractivity contribution in [1.29, 1.82) is 0 Å². The van der Waals surface area contributed by atoms with E-state index in [1.54, 1.807) is 36.0 Å². The molecular formula is C75H114N8O39S. The van der Waals surface area contributed by atoms with Crippen LogP contribution >= 0.6 is 11.8 Å². The highest BCUT2D eigenvalue weighted by molar-refractivity contribution is 8.00. The monoisotopic (exact) mass is 1780 g/mol. The van der Waals surface area contributed by atoms with E-state index in [0.717, 1.165) is 32.4 Å². The smallest absolute Gasteiger partial charge is 0.315 e. The second kappa shape index (κ2) is 46.8. The molecule has 694 valence electrons. The summed E-state index contributed by atoms with van der Waals surface area (Å²) >= 11 is 1.78. The van der Waals surface area contributed by atoms with Crippen molar-refractivity contribution in [1.82, 2.24) is 42.5 Å². The van der Waals surface area contributed by atoms with Gasteiger partial charge in [-0.1, -0.05) is 18.6 Å². The van der Waals surface area contributed by atoms with Crippen LogP contribution in [0.3, 0.4) is 0 Å². The fourth-order valence-electron chi connectivity index (χ4n) is 15.2. The van der Waals surface area contributed by atoms with Crippen molar-refractivity contribution >= 4 is 53.2 Å². The van der Waals surface area contributed by atoms with Gasteiger partial charge in [0.1, 0.15) is 158 Å². The maximum Gasteiger partial charge on any atom is 0.315 e. The SMILES string of the molecule is CC(=O)N[C@H]1[C@H](OCCCNC(=O)COc2cccc(-c3cc(OCC(=O)NCCCO[C@@H]4O[C@H](CO)[C@@H](O[C@@H]5O[C@H](CO)[C@H](O)[C@H](O[C@H]6O[C@H](CO)[C@H](O)[C@H](O)[C@H]6O)[C@H]5O)[C@H](O)[C@H]4NC(C)=O)cc(C(=O)NCCNC(=O)CCCC[C@@H]4SC[C@@H]5NC(=O)N[C@@H]54)c3)c2)O[C@H](CO)[C@@H](O[C@@H]2O[C@H](CO)[C@H](O)[C@H](O[C@H]3O[C@H](CO)[C@H](O)[C@H](O)[C@H]3O)[C@H]2O)[C@@H]1O. The third-order valence-electron chi connectivity index (χ3n) is 21.7. The summed E-state index contributed by atoms with van der Waals surface area (Å²) in [6.45, 7) is -4.53. The predicted molar refractivity (Wildman–Crippen MR) is 411 cm³/mol. The van der Waals surface area contributed by atoms with Crippen LogP contribution in [0.2, 0.25) is 0 Å². The Bertz CT molecular complexity index is 3730. The number of unbranched alkanes of at least 4 members (excludes halogenated alkanes) is 1. The highest BCUT2D eigenvalue weighted by Gasteiger charge is 2.57. The minimum Gasteiger partial charge on any atom is -0.484 e. The summed E-state index contributed by atoms with van der Waals surface area (Å²) in [4.78, 5) is 90.3. The first-order chi connectivity index (χ1) is 58.9. The molecule has 8 heterocycles. The number of urea groups is 1. The number of carbonyl (C=O) groups is 7. The Hall–Kier alpha value is -6.72. The van der Waals surface area contributed by atoms with Gasteiger partial charge >= 0.3 is 6.03 Å². The first-order valence-corrected chi connectivity index (χ1v) is 41.4. The number of carbonyl (C=O) groups excluding carboxylic acids is 7. The molecule has 0 aliphatic carbocycles. The number of fused-ring (bicyclic) bond motifs is 1. The molecule has 0 saturated carbocycles. The molecule has 0 radical (unpaired) electrons. The zero-order valence-corrected chi connectivity index (χ0v) is 67.8. The largest absolute Gasteiger partial charge is 0.484 e. The van der Waals surface area contributed by atoms with Gasteiger partial charge in [0.2, 0.25) is 17.7 Å². The number of aliphatic hydroxyl groups excluding tert-OH is 18. The number of rotatable bonds is 42. The van der Waals surface area contributed by atoms with Crippen molar-refractivity contribution in [3.63, 3.8) is 0 Å². The first kappa shape index (κ1) is 98.5. The highest BCUT2D eigenvalue weighted by Crippen LogP contribution is 2.38. The van der Waals surface area contributed by atoms with Gasteiger partial charge in [-0.25, -0.2) is 4.79 Å². The van der Waals surface area contributed by atoms with Crippen LogP contribution < -0.4 is 52.0 Å². The molecule has 0 spiro atoms. The van der Waals surface area contributed by atoms with E-state index in [9.17, 15) is 125 Å². The van der Waals surface area contributed by atoms with Gasteiger partial charge < -0.3 is 201 Å². The molecule has 33 atom stereocenters. The number of thioether (sulfide) groups is 1. The molecule has 8 amide bonds. The topological polar surface area (TPSA) is 709 Å². The summed E-state index contributed by atoms with van der Waals surface area (Å²) in [6.07, 6.45) is -46.8. The first-order valence-electron chi connectivity index (χ1n) is 40.3. The van der Waals surface area contributed by atoms with E-state index < -0.39 is 267 Å². The number of amides is 8. The maximum absolute atomic E-state index is 13.9. The van der Waals surface area contributed by atoms with Gasteiger partial charge in [-0.2, -0.15) is 11.8 Å². The van der Waals surface area contributed by atoms with Crippen LogP contribution in [0.5, 0.6) is 11.5 Å². The summed E-state index contributed by atoms with van der Waals surface area (Å²) in [5.74, 6) is -2.38. The number of nitrogens with one attached hydrogen (secondary N) is 8. The molecular weight excluding hydrogens is 1670 g/mol. The summed E-state index contributed by atoms with van der Waals surface area (Å²) in [5.41, 5.74) is 0.889. The summed E-state index contributed by atoms with van der Waals surface area (Å²) in [5, 5.41) is 214. The number of aliphatic hydroxyl groups is 18. The Morgan fingerprint density at radius 2 is 0.862 bits per heavy atom. The summed E-state index contributed by atoms with van der Waals surface area (Å²) in [7, 11) is 0. The van der Waals surface area contributed by atoms with Gasteiger partial charge in [0.25, 0.3) is 17.7 Å². The van der Waals surface area contributed by atoms with E-state index in [1.807, 2.05) is 0 Å². The molecule has 0 bridgehead atoms. The van der Waals surface area contributed by atoms with E-state index in [4.69, 9.17) is 66.3 Å². The maximum atomic E-state index is 13.9. The Balaban J connectivity index is 0.711. The molecule has 0 unspecified atom stereocenters. The lowest BCUT2D eigenvalue weighted by Crippen LogP contribution is -2.68. The van der Waals surface area contributed by atoms with Crippen LogP contribution in [0.15, 0.2) is 42.5 Å². The van der Waals surface area contributed by atoms with Gasteiger partial charge in [0.15, 0.2) is 51.0 Å². The molecule has 10 rings (SSSR count). The standard InChI is InChI=1S/C75H114N8O39S/c1-31(90)80-50-56(99)64(119-73-62(105)66(54(97)41(24-86)115-73)121-71-60(103)58(101)52(95)39(22-84)113-71)43(26-88)117-69(50)109-16-6-12-76-47(93)28-111-36-9-5-8-33(19-36)34-18-35(68(107)79-15-14-78-46(92)11-4-3-10-45-49-38(30-123-45)82-75(108)83-49)21-37(20-34)112-29-48(94)77-13-7-17-110-70-51(81-32(2)91)57(100)65(44(27-89)118-70)120-74-63(106)67(55(98)42(25-87)116-74)122-72-61(104)59(102)53(96)40(23-85)114-72/h5,8-9,18-21,38-45,49-67,69-74,84-89,95-106H,3-4,6-7,10-17,22-30H2,1-2H3,(H,76,93)(H,77,94)(H,78,92)(H,79,107)(H,80,90)(H,81,91)(H2,82,83,108)/t38-,39+,40+,41+,42+,43+,44+,45-,49-,50+,51+,52-,53-,54-,55-,56+,57+,58-,59-,60+,61+,62+,63+,64+,65+,66-,67-,69+,70+,71+,72+,73-,74-/m0/s1. The predicted octanol–water partition coefficient (Wildman–Crippen LogP) is -12.1. The minimum atomic E-state index is -2.05. The summed E-state index contributed by atoms with van der Waals surface area (Å²) < 4.78 is 80.7. The lowest BCUT2D eigenvalue weighted by atomic mass is 9.95. The van der Waals surface area contributed by atoms with Gasteiger partial charge in [-0.15, -0.1) is 0 Å². The van der Waals surface area contributed by atoms with E-state index in [0.29, 0.717) is 17.5 Å². The van der Waals surface area contributed by atoms with Crippen molar-refractivity contribution in [3.05, 3.63) is 48.0 Å². The van der Waals surface area contributed by atoms with Crippen molar-refractivity contribution in [2.45, 2.75) is 254 Å². The Morgan fingerprint density at radius 1 is 0.431 bits per heavy atom. The summed E-state index contributed by atoms with van der Waals surface area (Å²) in [6, 6.07) is 7.90. The van der Waals surface area contributed by atoms with Crippen molar-refractivity contribution in [2.24, 2.45) is 0 Å². The quantitative estimate of drug-likeness (QED) is 0.0217. The fraction of sp³-hybridized carbons (Fsp3) is 0.747. The van der Waals surface area contributed by atoms with Crippen LogP contribution in [-0.2, 0) is 80.8 Å². The van der Waals surface area contributed by atoms with E-state index in [2.05, 4.69) is 42.5 Å². The molecule has 26 N–H and O–H groups in total. The van der Waals surface area contributed by atoms with Crippen molar-refractivity contribution in [2.75, 3.05) is 98.0 Å². The van der Waals surface area contributed by atoms with Crippen molar-refractivity contribution in [3.8, 4) is 22.6 Å². The third-order valence-corrected chi connectivity index (χ3v) is 23.2. The van der Waals surface area contributed by atoms with Crippen LogP contribution in [0, 0.1) is 0 Å². The molecule has 8 aliphatic rings. The second-order valence-corrected chi connectivity index (χ2v) is 31.8. The molecule has 2 aromatic carbocycles. The molecule has 48 heteroatoms. The minimum absolute atomic E-state index is 0.00930. The van der Waals surface area contributed by atoms with Gasteiger partial charge in [-0.05, 0) is 67.1 Å². The van der Waals surface area contributed by atoms with Gasteiger partial charge in [0.05, 0.1) is 64.9 Å². The zero-order chi connectivity index (χ0) is 89.0. The van der Waals surface area contributed by atoms with Gasteiger partial charge in [-0.3, -0.25) is 28.8 Å². The molecule has 0 aromatic heterocycles. The molecule has 2 aromatic rings. The second-order valence-electron chi connectivity index (χ2n) is 30.6. The van der Waals surface area contributed by atoms with E-state index in [1.165, 1.54) is 18.2 Å². The average molecular weight is 1780 g/mol. The number of ether oxygens (including phenoxy) is 14. The normalized spacial score (nSPS) is 36.8. The van der Waals surface area contributed by atoms with Crippen molar-refractivity contribution < 1.29 is 192 Å². The highest BCUT2D eigenvalue weighted by atomic mass is 32.2. The van der Waals surface area contributed by atoms with Crippen LogP contribution in [-0.4, -0.2) is 433 Å². The lowest BCUT2D eigenvalue weighted by molar-refractivity contribution is -0.376. The molecule has 8 fully saturated rings. The number of hydrogen-bond donors (Lipinski definition) is 26. The molecule has 8 saturated heterocycles. The Morgan fingerprint density at radius 3 is 1.34 bits per heavy atom. The van der Waals surface area contributed by atoms with Crippen LogP contribution in [0.4, 0.5) is 4.79 Å². The zero-order valence-electron chi connectivity index (χ0n) is 67.0. The number of benzene rings is 2. The van der Waals surface area contributed by atoms with Crippen LogP contribution in [0.1, 0.15) is 62.7 Å². The Kier molecular flexibility index (Phi) is 37.5. The van der Waals surface area contributed by atoms with Gasteiger partial charge in [0, 0.05) is 63.0 Å². The third kappa shape index (κ3) is 25.6. The average Bonchev–Trinajstić information content (AvgIpc) is 1.72. The lowest BCUT2D eigenvalue weighted by Gasteiger charge is -2.48. The van der Waals surface area contributed by atoms with E-state index >= 15 is 0 Å². The van der Waals surface area contributed by atoms with Crippen LogP contribution in [0.25, 0.3) is 11.1 Å². The van der Waals surface area contributed by atoms with E-state index in [-0.39, 0.29) is 105 Å². The molecule has 47 nitrogen and oxygen atoms in total. The molecule has 123 heavy (non-hydrogen) atoms.